The molecule has 0 fully saturated rings. The van der Waals surface area contributed by atoms with Crippen molar-refractivity contribution in [1.82, 2.24) is 5.32 Å². The highest BCUT2D eigenvalue weighted by molar-refractivity contribution is 8.09. The van der Waals surface area contributed by atoms with E-state index in [1.165, 1.54) is 0 Å². The van der Waals surface area contributed by atoms with Gasteiger partial charge in [-0.2, -0.15) is 0 Å². The zero-order chi connectivity index (χ0) is 15.5. The number of nitrogens with two attached hydrogens (primary N) is 1. The lowest BCUT2D eigenvalue weighted by Gasteiger charge is -2.12. The van der Waals surface area contributed by atoms with Gasteiger partial charge in [-0.05, 0) is 23.8 Å². The monoisotopic (exact) mass is 314 g/mol. The van der Waals surface area contributed by atoms with E-state index in [4.69, 9.17) is 15.2 Å². The Morgan fingerprint density at radius 2 is 1.68 bits per heavy atom. The highest BCUT2D eigenvalue weighted by atomic mass is 32.2. The van der Waals surface area contributed by atoms with Crippen LogP contribution in [0.1, 0.15) is 11.1 Å². The lowest BCUT2D eigenvalue weighted by atomic mass is 10.1. The van der Waals surface area contributed by atoms with Crippen molar-refractivity contribution >= 4 is 22.4 Å². The number of methoxy groups -OCH3 is 2. The van der Waals surface area contributed by atoms with E-state index in [0.29, 0.717) is 11.5 Å². The van der Waals surface area contributed by atoms with Gasteiger partial charge in [-0.3, -0.25) is 0 Å². The van der Waals surface area contributed by atoms with Gasteiger partial charge in [0, 0.05) is 10.5 Å². The first-order chi connectivity index (χ1) is 10.7. The SMILES string of the molecule is COc1ccc(C2=C(c3ccccc3)SC(N)N2)cc1OC. The summed E-state index contributed by atoms with van der Waals surface area (Å²) in [5.74, 6) is 1.41. The van der Waals surface area contributed by atoms with Gasteiger partial charge in [-0.25, -0.2) is 0 Å². The van der Waals surface area contributed by atoms with Crippen LogP contribution in [0.4, 0.5) is 0 Å². The summed E-state index contributed by atoms with van der Waals surface area (Å²) in [6.45, 7) is 0. The van der Waals surface area contributed by atoms with Gasteiger partial charge >= 0.3 is 0 Å². The van der Waals surface area contributed by atoms with Gasteiger partial charge in [0.2, 0.25) is 0 Å². The molecule has 0 saturated carbocycles. The van der Waals surface area contributed by atoms with Crippen LogP contribution in [0.15, 0.2) is 48.5 Å². The summed E-state index contributed by atoms with van der Waals surface area (Å²) in [5.41, 5.74) is 9.11. The van der Waals surface area contributed by atoms with Crippen LogP contribution in [0.2, 0.25) is 0 Å². The number of nitrogens with one attached hydrogen (secondary N) is 1. The van der Waals surface area contributed by atoms with Gasteiger partial charge in [0.25, 0.3) is 0 Å². The molecular weight excluding hydrogens is 296 g/mol. The van der Waals surface area contributed by atoms with Crippen LogP contribution in [-0.2, 0) is 0 Å². The van der Waals surface area contributed by atoms with E-state index in [-0.39, 0.29) is 5.50 Å². The zero-order valence-electron chi connectivity index (χ0n) is 12.5. The molecular formula is C17H18N2O2S. The Labute approximate surface area is 134 Å². The smallest absolute Gasteiger partial charge is 0.161 e. The standard InChI is InChI=1S/C17H18N2O2S/c1-20-13-9-8-12(10-14(13)21-2)15-16(22-17(18)19-15)11-6-4-3-5-7-11/h3-10,17,19H,18H2,1-2H3. The summed E-state index contributed by atoms with van der Waals surface area (Å²) in [7, 11) is 3.27. The normalized spacial score (nSPS) is 17.3. The first-order valence-corrected chi connectivity index (χ1v) is 7.81. The van der Waals surface area contributed by atoms with Crippen LogP contribution in [0.25, 0.3) is 10.6 Å². The van der Waals surface area contributed by atoms with Crippen molar-refractivity contribution in [3.8, 4) is 11.5 Å². The lowest BCUT2D eigenvalue weighted by Crippen LogP contribution is -2.28. The second-order valence-corrected chi connectivity index (χ2v) is 5.97. The summed E-state index contributed by atoms with van der Waals surface area (Å²) in [6.07, 6.45) is 0. The zero-order valence-corrected chi connectivity index (χ0v) is 13.3. The lowest BCUT2D eigenvalue weighted by molar-refractivity contribution is 0.355. The van der Waals surface area contributed by atoms with Crippen LogP contribution in [0, 0.1) is 0 Å². The summed E-state index contributed by atoms with van der Waals surface area (Å²) < 4.78 is 10.7. The Bertz CT molecular complexity index is 701. The molecule has 0 radical (unpaired) electrons. The molecule has 1 atom stereocenters. The summed E-state index contributed by atoms with van der Waals surface area (Å²) in [4.78, 5) is 1.14. The topological polar surface area (TPSA) is 56.5 Å². The Hall–Kier alpha value is -2.11. The van der Waals surface area contributed by atoms with Crippen molar-refractivity contribution in [2.45, 2.75) is 5.50 Å². The van der Waals surface area contributed by atoms with Crippen molar-refractivity contribution in [2.75, 3.05) is 14.2 Å². The van der Waals surface area contributed by atoms with Crippen molar-refractivity contribution in [1.29, 1.82) is 0 Å². The van der Waals surface area contributed by atoms with Crippen LogP contribution in [0.3, 0.4) is 0 Å². The Kier molecular flexibility index (Phi) is 4.27. The molecule has 1 unspecified atom stereocenters. The van der Waals surface area contributed by atoms with Crippen molar-refractivity contribution < 1.29 is 9.47 Å². The van der Waals surface area contributed by atoms with Gasteiger partial charge in [-0.15, -0.1) is 0 Å². The third-order valence-corrected chi connectivity index (χ3v) is 4.51. The number of benzene rings is 2. The maximum absolute atomic E-state index is 6.07. The molecule has 0 saturated heterocycles. The highest BCUT2D eigenvalue weighted by Crippen LogP contribution is 2.42. The molecule has 1 aliphatic heterocycles. The first-order valence-electron chi connectivity index (χ1n) is 6.94. The fraction of sp³-hybridized carbons (Fsp3) is 0.176. The number of ether oxygens (including phenoxy) is 2. The summed E-state index contributed by atoms with van der Waals surface area (Å²) in [5, 5.41) is 3.33. The van der Waals surface area contributed by atoms with E-state index in [1.54, 1.807) is 26.0 Å². The van der Waals surface area contributed by atoms with Crippen molar-refractivity contribution in [2.24, 2.45) is 5.73 Å². The molecule has 2 aromatic carbocycles. The molecule has 3 N–H and O–H groups in total. The summed E-state index contributed by atoms with van der Waals surface area (Å²) in [6, 6.07) is 16.1. The van der Waals surface area contributed by atoms with Crippen LogP contribution < -0.4 is 20.5 Å². The van der Waals surface area contributed by atoms with E-state index in [0.717, 1.165) is 21.7 Å². The van der Waals surface area contributed by atoms with Gasteiger partial charge < -0.3 is 20.5 Å². The minimum absolute atomic E-state index is 0.154. The van der Waals surface area contributed by atoms with E-state index in [1.807, 2.05) is 36.4 Å². The van der Waals surface area contributed by atoms with E-state index >= 15 is 0 Å². The third-order valence-electron chi connectivity index (χ3n) is 3.47. The molecule has 0 amide bonds. The van der Waals surface area contributed by atoms with Gasteiger partial charge in [0.05, 0.1) is 19.9 Å². The second-order valence-electron chi connectivity index (χ2n) is 4.82. The maximum atomic E-state index is 6.07. The van der Waals surface area contributed by atoms with Crippen molar-refractivity contribution in [3.05, 3.63) is 59.7 Å². The molecule has 3 rings (SSSR count). The minimum atomic E-state index is -0.154. The molecule has 0 aromatic heterocycles. The van der Waals surface area contributed by atoms with Crippen LogP contribution in [-0.4, -0.2) is 19.7 Å². The molecule has 114 valence electrons. The number of thioether (sulfide) groups is 1. The molecule has 0 bridgehead atoms. The average Bonchev–Trinajstić information content (AvgIpc) is 2.97. The molecule has 22 heavy (non-hydrogen) atoms. The molecule has 1 heterocycles. The summed E-state index contributed by atoms with van der Waals surface area (Å²) >= 11 is 1.62. The van der Waals surface area contributed by atoms with E-state index in [9.17, 15) is 0 Å². The van der Waals surface area contributed by atoms with Gasteiger partial charge in [0.1, 0.15) is 5.50 Å². The van der Waals surface area contributed by atoms with E-state index in [2.05, 4.69) is 17.4 Å². The third kappa shape index (κ3) is 2.77. The molecule has 0 aliphatic carbocycles. The maximum Gasteiger partial charge on any atom is 0.161 e. The number of hydrogen-bond acceptors (Lipinski definition) is 5. The Balaban J connectivity index is 2.08. The quantitative estimate of drug-likeness (QED) is 0.908. The molecule has 5 heteroatoms. The molecule has 0 spiro atoms. The van der Waals surface area contributed by atoms with Crippen LogP contribution in [0.5, 0.6) is 11.5 Å². The van der Waals surface area contributed by atoms with Crippen LogP contribution >= 0.6 is 11.8 Å². The minimum Gasteiger partial charge on any atom is -0.493 e. The average molecular weight is 314 g/mol. The predicted molar refractivity (Wildman–Crippen MR) is 91.5 cm³/mol. The number of rotatable bonds is 4. The van der Waals surface area contributed by atoms with Gasteiger partial charge in [-0.1, -0.05) is 42.1 Å². The highest BCUT2D eigenvalue weighted by Gasteiger charge is 2.24. The first kappa shape index (κ1) is 14.8. The fourth-order valence-corrected chi connectivity index (χ4v) is 3.43. The molecule has 4 nitrogen and oxygen atoms in total. The predicted octanol–water partition coefficient (Wildman–Crippen LogP) is 3.11. The Morgan fingerprint density at radius 1 is 0.955 bits per heavy atom. The fourth-order valence-electron chi connectivity index (χ4n) is 2.43. The molecule has 2 aromatic rings. The van der Waals surface area contributed by atoms with E-state index < -0.39 is 0 Å². The molecule has 1 aliphatic rings. The van der Waals surface area contributed by atoms with Crippen molar-refractivity contribution in [3.63, 3.8) is 0 Å². The second kappa shape index (κ2) is 6.34. The van der Waals surface area contributed by atoms with Gasteiger partial charge in [0.15, 0.2) is 11.5 Å². The largest absolute Gasteiger partial charge is 0.493 e. The number of hydrogen-bond donors (Lipinski definition) is 2. The Morgan fingerprint density at radius 3 is 2.36 bits per heavy atom.